The van der Waals surface area contributed by atoms with Gasteiger partial charge in [0.05, 0.1) is 0 Å². The van der Waals surface area contributed by atoms with Crippen LogP contribution >= 0.6 is 11.6 Å². The van der Waals surface area contributed by atoms with Crippen LogP contribution in [-0.2, 0) is 0 Å². The maximum absolute atomic E-state index is 12.0. The van der Waals surface area contributed by atoms with Crippen molar-refractivity contribution in [1.82, 2.24) is 0 Å². The van der Waals surface area contributed by atoms with E-state index in [0.717, 1.165) is 5.54 Å². The lowest BCUT2D eigenvalue weighted by atomic mass is 10.2. The summed E-state index contributed by atoms with van der Waals surface area (Å²) in [5, 5.41) is 0. The molecule has 0 amide bonds. The molecule has 0 atom stereocenters. The Kier molecular flexibility index (Phi) is 3.01. The first kappa shape index (κ1) is 6.96. The molecule has 0 radical (unpaired) electrons. The molecule has 0 saturated carbocycles. The lowest BCUT2D eigenvalue weighted by molar-refractivity contribution is 0.522. The second kappa shape index (κ2) is 3.03. The maximum atomic E-state index is 12.0. The summed E-state index contributed by atoms with van der Waals surface area (Å²) in [6.07, 6.45) is 0. The van der Waals surface area contributed by atoms with E-state index in [-0.39, 0.29) is 11.7 Å². The van der Waals surface area contributed by atoms with Crippen LogP contribution < -0.4 is 0 Å². The molecule has 0 aromatic rings. The van der Waals surface area contributed by atoms with E-state index in [4.69, 9.17) is 11.6 Å². The molecule has 0 spiro atoms. The Morgan fingerprint density at radius 2 is 2.14 bits per heavy atom. The van der Waals surface area contributed by atoms with Gasteiger partial charge >= 0.3 is 0 Å². The largest absolute Gasteiger partial charge is 0.211 e. The Morgan fingerprint density at radius 1 is 1.71 bits per heavy atom. The lowest BCUT2D eigenvalue weighted by Gasteiger charge is -1.94. The average Bonchev–Trinajstić information content (AvgIpc) is 1.65. The van der Waals surface area contributed by atoms with Crippen LogP contribution in [0.25, 0.3) is 0 Å². The van der Waals surface area contributed by atoms with Crippen LogP contribution in [0.4, 0.5) is 4.39 Å². The molecule has 0 fully saturated rings. The Morgan fingerprint density at radius 3 is 2.14 bits per heavy atom. The van der Waals surface area contributed by atoms with Crippen molar-refractivity contribution in [2.24, 2.45) is 5.92 Å². The van der Waals surface area contributed by atoms with Crippen LogP contribution in [0, 0.1) is 5.92 Å². The van der Waals surface area contributed by atoms with E-state index >= 15 is 0 Å². The molecule has 42 valence electrons. The predicted molar refractivity (Wildman–Crippen MR) is 29.9 cm³/mol. The Bertz CT molecular complexity index is 76.1. The van der Waals surface area contributed by atoms with Crippen molar-refractivity contribution < 1.29 is 4.39 Å². The molecular weight excluding hydrogens is 115 g/mol. The monoisotopic (exact) mass is 122 g/mol. The summed E-state index contributed by atoms with van der Waals surface area (Å²) in [6, 6.07) is 0. The molecule has 2 heteroatoms. The summed E-state index contributed by atoms with van der Waals surface area (Å²) < 4.78 is 12.0. The predicted octanol–water partition coefficient (Wildman–Crippen LogP) is 2.69. The fraction of sp³-hybridized carbons (Fsp3) is 0.600. The number of halogens is 2. The number of allylic oxidation sites excluding steroid dienone is 1. The lowest BCUT2D eigenvalue weighted by Crippen LogP contribution is -1.83. The number of hydrogen-bond donors (Lipinski definition) is 0. The van der Waals surface area contributed by atoms with Gasteiger partial charge in [-0.25, -0.2) is 4.39 Å². The van der Waals surface area contributed by atoms with Crippen LogP contribution in [0.15, 0.2) is 11.4 Å². The van der Waals surface area contributed by atoms with Gasteiger partial charge in [0.2, 0.25) is 0 Å². The third kappa shape index (κ3) is 2.63. The Balaban J connectivity index is 3.56. The first-order chi connectivity index (χ1) is 3.18. The molecule has 0 aliphatic heterocycles. The Hall–Kier alpha value is -0.0400. The molecule has 0 aromatic heterocycles. The first-order valence-corrected chi connectivity index (χ1v) is 2.58. The fourth-order valence-corrected chi connectivity index (χ4v) is 0.378. The average molecular weight is 123 g/mol. The van der Waals surface area contributed by atoms with Gasteiger partial charge in [-0.3, -0.25) is 0 Å². The van der Waals surface area contributed by atoms with E-state index < -0.39 is 0 Å². The standard InChI is InChI=1S/C5H8ClF/c1-4(2)5(7)3-6/h3-4H,1-2H3/b5-3-. The highest BCUT2D eigenvalue weighted by Gasteiger charge is 1.96. The van der Waals surface area contributed by atoms with Crippen LogP contribution in [-0.4, -0.2) is 0 Å². The van der Waals surface area contributed by atoms with Gasteiger partial charge in [-0.15, -0.1) is 0 Å². The van der Waals surface area contributed by atoms with Crippen molar-refractivity contribution in [3.05, 3.63) is 11.4 Å². The van der Waals surface area contributed by atoms with E-state index in [9.17, 15) is 4.39 Å². The topological polar surface area (TPSA) is 0 Å². The van der Waals surface area contributed by atoms with Gasteiger partial charge in [0.15, 0.2) is 0 Å². The van der Waals surface area contributed by atoms with E-state index in [1.165, 1.54) is 0 Å². The minimum atomic E-state index is -0.262. The second-order valence-corrected chi connectivity index (χ2v) is 1.87. The summed E-state index contributed by atoms with van der Waals surface area (Å²) in [6.45, 7) is 3.49. The molecule has 0 saturated heterocycles. The third-order valence-corrected chi connectivity index (χ3v) is 0.864. The van der Waals surface area contributed by atoms with E-state index in [1.807, 2.05) is 0 Å². The SMILES string of the molecule is CC(C)/C(F)=C/Cl. The highest BCUT2D eigenvalue weighted by Crippen LogP contribution is 2.10. The van der Waals surface area contributed by atoms with Gasteiger partial charge in [-0.2, -0.15) is 0 Å². The van der Waals surface area contributed by atoms with Crippen molar-refractivity contribution in [3.63, 3.8) is 0 Å². The fourth-order valence-electron chi connectivity index (χ4n) is 0.126. The highest BCUT2D eigenvalue weighted by atomic mass is 35.5. The first-order valence-electron chi connectivity index (χ1n) is 2.14. The van der Waals surface area contributed by atoms with Crippen molar-refractivity contribution in [2.75, 3.05) is 0 Å². The summed E-state index contributed by atoms with van der Waals surface area (Å²) in [7, 11) is 0. The minimum Gasteiger partial charge on any atom is -0.211 e. The molecule has 0 heterocycles. The molecule has 0 aliphatic carbocycles. The molecule has 7 heavy (non-hydrogen) atoms. The van der Waals surface area contributed by atoms with Gasteiger partial charge in [0, 0.05) is 11.5 Å². The zero-order chi connectivity index (χ0) is 5.86. The molecule has 0 N–H and O–H groups in total. The van der Waals surface area contributed by atoms with Crippen molar-refractivity contribution in [1.29, 1.82) is 0 Å². The summed E-state index contributed by atoms with van der Waals surface area (Å²) in [5.74, 6) is -0.334. The van der Waals surface area contributed by atoms with Crippen LogP contribution in [0.5, 0.6) is 0 Å². The smallest absolute Gasteiger partial charge is 0.114 e. The normalized spacial score (nSPS) is 13.0. The second-order valence-electron chi connectivity index (χ2n) is 1.65. The summed E-state index contributed by atoms with van der Waals surface area (Å²) in [4.78, 5) is 0. The molecule has 0 unspecified atom stereocenters. The van der Waals surface area contributed by atoms with Gasteiger partial charge in [-0.05, 0) is 0 Å². The molecular formula is C5H8ClF. The maximum Gasteiger partial charge on any atom is 0.114 e. The molecule has 0 aliphatic rings. The zero-order valence-electron chi connectivity index (χ0n) is 4.41. The highest BCUT2D eigenvalue weighted by molar-refractivity contribution is 6.25. The van der Waals surface area contributed by atoms with Crippen LogP contribution in [0.2, 0.25) is 0 Å². The van der Waals surface area contributed by atoms with Crippen molar-refractivity contribution in [2.45, 2.75) is 13.8 Å². The quantitative estimate of drug-likeness (QED) is 0.502. The van der Waals surface area contributed by atoms with Crippen molar-refractivity contribution in [3.8, 4) is 0 Å². The molecule has 0 nitrogen and oxygen atoms in total. The molecule has 0 rings (SSSR count). The zero-order valence-corrected chi connectivity index (χ0v) is 5.17. The van der Waals surface area contributed by atoms with E-state index in [0.29, 0.717) is 0 Å². The van der Waals surface area contributed by atoms with Crippen LogP contribution in [0.3, 0.4) is 0 Å². The summed E-state index contributed by atoms with van der Waals surface area (Å²) in [5.41, 5.74) is 0.963. The number of hydrogen-bond acceptors (Lipinski definition) is 0. The van der Waals surface area contributed by atoms with E-state index in [2.05, 4.69) is 0 Å². The van der Waals surface area contributed by atoms with Crippen molar-refractivity contribution >= 4 is 11.6 Å². The van der Waals surface area contributed by atoms with Crippen LogP contribution in [0.1, 0.15) is 13.8 Å². The van der Waals surface area contributed by atoms with Gasteiger partial charge < -0.3 is 0 Å². The van der Waals surface area contributed by atoms with Gasteiger partial charge in [-0.1, -0.05) is 25.4 Å². The number of rotatable bonds is 1. The molecule has 0 bridgehead atoms. The third-order valence-electron chi connectivity index (χ3n) is 0.656. The van der Waals surface area contributed by atoms with E-state index in [1.54, 1.807) is 13.8 Å². The summed E-state index contributed by atoms with van der Waals surface area (Å²) >= 11 is 5.01. The Labute approximate surface area is 48.0 Å². The minimum absolute atomic E-state index is 0.0718. The van der Waals surface area contributed by atoms with Gasteiger partial charge in [0.25, 0.3) is 0 Å². The molecule has 0 aromatic carbocycles. The van der Waals surface area contributed by atoms with Gasteiger partial charge in [0.1, 0.15) is 5.83 Å².